The quantitative estimate of drug-likeness (QED) is 0.435. The molecule has 1 heterocycles. The molecule has 1 atom stereocenters. The van der Waals surface area contributed by atoms with Gasteiger partial charge in [0.15, 0.2) is 0 Å². The Labute approximate surface area is 52.4 Å². The topological polar surface area (TPSA) is 32.3 Å². The van der Waals surface area contributed by atoms with Crippen molar-refractivity contribution in [2.24, 2.45) is 0 Å². The number of hydrogen-bond acceptors (Lipinski definition) is 2. The zero-order valence-electron chi connectivity index (χ0n) is 4.63. The second-order valence-electron chi connectivity index (χ2n) is 1.67. The highest BCUT2D eigenvalue weighted by atomic mass is 32.2. The molecule has 47 valence electrons. The van der Waals surface area contributed by atoms with Crippen molar-refractivity contribution in [3.05, 3.63) is 6.42 Å². The first-order chi connectivity index (χ1) is 3.89. The van der Waals surface area contributed by atoms with Gasteiger partial charge in [0, 0.05) is 6.42 Å². The Balaban J connectivity index is 2.17. The maximum Gasteiger partial charge on any atom is 0.128 e. The SMILES string of the molecule is [O-][S+]1C[CH]COCC1. The fourth-order valence-electron chi connectivity index (χ4n) is 0.581. The highest BCUT2D eigenvalue weighted by molar-refractivity contribution is 7.91. The van der Waals surface area contributed by atoms with E-state index >= 15 is 0 Å². The van der Waals surface area contributed by atoms with E-state index in [1.807, 2.05) is 6.42 Å². The molecule has 0 amide bonds. The molecule has 0 aromatic heterocycles. The Morgan fingerprint density at radius 3 is 3.38 bits per heavy atom. The Kier molecular flexibility index (Phi) is 2.66. The van der Waals surface area contributed by atoms with Gasteiger partial charge in [0.25, 0.3) is 0 Å². The number of hydrogen-bond donors (Lipinski definition) is 0. The molecule has 1 aliphatic rings. The molecule has 0 bridgehead atoms. The summed E-state index contributed by atoms with van der Waals surface area (Å²) in [4.78, 5) is 0. The summed E-state index contributed by atoms with van der Waals surface area (Å²) in [6.07, 6.45) is 1.92. The van der Waals surface area contributed by atoms with E-state index in [-0.39, 0.29) is 0 Å². The number of ether oxygens (including phenoxy) is 1. The minimum absolute atomic E-state index is 0.638. The first-order valence-corrected chi connectivity index (χ1v) is 4.13. The standard InChI is InChI=1S/C5H9O2S/c6-8-4-1-2-7-3-5-8/h1H,2-5H2. The number of rotatable bonds is 0. The minimum Gasteiger partial charge on any atom is -0.616 e. The van der Waals surface area contributed by atoms with Crippen molar-refractivity contribution in [3.8, 4) is 0 Å². The highest BCUT2D eigenvalue weighted by Gasteiger charge is 2.09. The monoisotopic (exact) mass is 133 g/mol. The Hall–Kier alpha value is 0.270. The molecule has 1 fully saturated rings. The van der Waals surface area contributed by atoms with Crippen molar-refractivity contribution in [1.29, 1.82) is 0 Å². The molecule has 0 aromatic rings. The molecule has 0 aliphatic carbocycles. The van der Waals surface area contributed by atoms with Gasteiger partial charge in [-0.15, -0.1) is 0 Å². The van der Waals surface area contributed by atoms with E-state index in [0.717, 1.165) is 0 Å². The largest absolute Gasteiger partial charge is 0.616 e. The maximum atomic E-state index is 10.7. The van der Waals surface area contributed by atoms with Gasteiger partial charge in [-0.3, -0.25) is 0 Å². The lowest BCUT2D eigenvalue weighted by molar-refractivity contribution is 0.174. The van der Waals surface area contributed by atoms with Crippen LogP contribution in [0, 0.1) is 6.42 Å². The molecule has 0 N–H and O–H groups in total. The molecule has 1 radical (unpaired) electrons. The summed E-state index contributed by atoms with van der Waals surface area (Å²) >= 11 is -0.638. The van der Waals surface area contributed by atoms with Gasteiger partial charge in [0.2, 0.25) is 0 Å². The molecule has 1 saturated heterocycles. The van der Waals surface area contributed by atoms with E-state index in [2.05, 4.69) is 0 Å². The van der Waals surface area contributed by atoms with Crippen LogP contribution in [0.25, 0.3) is 0 Å². The van der Waals surface area contributed by atoms with Crippen molar-refractivity contribution in [3.63, 3.8) is 0 Å². The summed E-state index contributed by atoms with van der Waals surface area (Å²) < 4.78 is 15.7. The Morgan fingerprint density at radius 1 is 1.62 bits per heavy atom. The summed E-state index contributed by atoms with van der Waals surface area (Å²) in [5, 5.41) is 0. The van der Waals surface area contributed by atoms with E-state index in [1.54, 1.807) is 0 Å². The summed E-state index contributed by atoms with van der Waals surface area (Å²) in [5.74, 6) is 1.41. The van der Waals surface area contributed by atoms with Gasteiger partial charge >= 0.3 is 0 Å². The van der Waals surface area contributed by atoms with Crippen molar-refractivity contribution >= 4 is 11.2 Å². The molecule has 2 nitrogen and oxygen atoms in total. The van der Waals surface area contributed by atoms with Crippen LogP contribution in [0.3, 0.4) is 0 Å². The molecule has 8 heavy (non-hydrogen) atoms. The van der Waals surface area contributed by atoms with Crippen molar-refractivity contribution in [2.75, 3.05) is 24.7 Å². The van der Waals surface area contributed by atoms with Crippen LogP contribution < -0.4 is 0 Å². The van der Waals surface area contributed by atoms with Gasteiger partial charge in [0.05, 0.1) is 13.2 Å². The lowest BCUT2D eigenvalue weighted by Crippen LogP contribution is -2.10. The van der Waals surface area contributed by atoms with Crippen molar-refractivity contribution < 1.29 is 9.29 Å². The molecular weight excluding hydrogens is 124 g/mol. The van der Waals surface area contributed by atoms with Gasteiger partial charge in [0.1, 0.15) is 11.5 Å². The smallest absolute Gasteiger partial charge is 0.128 e. The van der Waals surface area contributed by atoms with E-state index in [9.17, 15) is 4.55 Å². The molecule has 1 unspecified atom stereocenters. The van der Waals surface area contributed by atoms with Crippen LogP contribution in [0.5, 0.6) is 0 Å². The summed E-state index contributed by atoms with van der Waals surface area (Å²) in [7, 11) is 0. The Bertz CT molecular complexity index is 59.4. The van der Waals surface area contributed by atoms with Crippen LogP contribution in [0.2, 0.25) is 0 Å². The van der Waals surface area contributed by atoms with Crippen LogP contribution in [-0.4, -0.2) is 29.3 Å². The first-order valence-electron chi connectivity index (χ1n) is 2.64. The lowest BCUT2D eigenvalue weighted by Gasteiger charge is -2.03. The second kappa shape index (κ2) is 3.33. The van der Waals surface area contributed by atoms with Crippen LogP contribution in [0.1, 0.15) is 0 Å². The van der Waals surface area contributed by atoms with Gasteiger partial charge in [-0.2, -0.15) is 0 Å². The normalized spacial score (nSPS) is 31.9. The zero-order valence-corrected chi connectivity index (χ0v) is 5.45. The van der Waals surface area contributed by atoms with E-state index in [1.165, 1.54) is 0 Å². The molecular formula is C5H9O2S. The van der Waals surface area contributed by atoms with Crippen LogP contribution in [-0.2, 0) is 15.9 Å². The van der Waals surface area contributed by atoms with Gasteiger partial charge in [-0.05, 0) is 0 Å². The van der Waals surface area contributed by atoms with Gasteiger partial charge in [-0.25, -0.2) is 0 Å². The third kappa shape index (κ3) is 2.03. The predicted molar refractivity (Wildman–Crippen MR) is 33.0 cm³/mol. The molecule has 0 spiro atoms. The predicted octanol–water partition coefficient (Wildman–Crippen LogP) is -0.0304. The third-order valence-corrected chi connectivity index (χ3v) is 2.22. The molecule has 0 saturated carbocycles. The minimum atomic E-state index is -0.638. The van der Waals surface area contributed by atoms with Crippen LogP contribution in [0.15, 0.2) is 0 Å². The van der Waals surface area contributed by atoms with Crippen LogP contribution >= 0.6 is 0 Å². The highest BCUT2D eigenvalue weighted by Crippen LogP contribution is 1.98. The first kappa shape index (κ1) is 6.39. The molecule has 3 heteroatoms. The average Bonchev–Trinajstić information content (AvgIpc) is 1.94. The van der Waals surface area contributed by atoms with Crippen LogP contribution in [0.4, 0.5) is 0 Å². The molecule has 1 rings (SSSR count). The second-order valence-corrected chi connectivity index (χ2v) is 3.30. The van der Waals surface area contributed by atoms with E-state index < -0.39 is 11.2 Å². The fraction of sp³-hybridized carbons (Fsp3) is 0.800. The van der Waals surface area contributed by atoms with Crippen molar-refractivity contribution in [1.82, 2.24) is 0 Å². The summed E-state index contributed by atoms with van der Waals surface area (Å²) in [6, 6.07) is 0. The average molecular weight is 133 g/mol. The lowest BCUT2D eigenvalue weighted by atomic mass is 10.5. The van der Waals surface area contributed by atoms with Gasteiger partial charge < -0.3 is 9.29 Å². The molecule has 1 aliphatic heterocycles. The Morgan fingerprint density at radius 2 is 2.50 bits per heavy atom. The fourth-order valence-corrected chi connectivity index (χ4v) is 1.41. The zero-order chi connectivity index (χ0) is 5.82. The van der Waals surface area contributed by atoms with E-state index in [4.69, 9.17) is 4.74 Å². The van der Waals surface area contributed by atoms with Crippen molar-refractivity contribution in [2.45, 2.75) is 0 Å². The molecule has 0 aromatic carbocycles. The maximum absolute atomic E-state index is 10.7. The summed E-state index contributed by atoms with van der Waals surface area (Å²) in [5.41, 5.74) is 0. The third-order valence-electron chi connectivity index (χ3n) is 0.995. The van der Waals surface area contributed by atoms with Gasteiger partial charge in [-0.1, -0.05) is 11.2 Å². The van der Waals surface area contributed by atoms with E-state index in [0.29, 0.717) is 24.7 Å². The summed E-state index contributed by atoms with van der Waals surface area (Å²) in [6.45, 7) is 1.33.